The molecule has 0 atom stereocenters. The van der Waals surface area contributed by atoms with Crippen molar-refractivity contribution in [2.24, 2.45) is 0 Å². The Morgan fingerprint density at radius 2 is 1.97 bits per heavy atom. The van der Waals surface area contributed by atoms with E-state index in [2.05, 4.69) is 15.4 Å². The maximum Gasteiger partial charge on any atom is 0.255 e. The summed E-state index contributed by atoms with van der Waals surface area (Å²) in [5.74, 6) is 0.0971. The highest BCUT2D eigenvalue weighted by Gasteiger charge is 2.17. The van der Waals surface area contributed by atoms with Crippen LogP contribution in [-0.4, -0.2) is 45.1 Å². The van der Waals surface area contributed by atoms with Crippen LogP contribution in [0.1, 0.15) is 21.7 Å². The molecular formula is C22H21N5O3. The van der Waals surface area contributed by atoms with Gasteiger partial charge in [-0.25, -0.2) is 9.67 Å². The molecule has 0 aliphatic heterocycles. The minimum atomic E-state index is -0.284. The molecule has 8 nitrogen and oxygen atoms in total. The number of carbonyl (C=O) groups excluding carboxylic acids is 2. The maximum atomic E-state index is 12.7. The molecule has 1 aromatic carbocycles. The molecule has 0 radical (unpaired) electrons. The monoisotopic (exact) mass is 403 g/mol. The Morgan fingerprint density at radius 3 is 2.73 bits per heavy atom. The Labute approximate surface area is 173 Å². The lowest BCUT2D eigenvalue weighted by molar-refractivity contribution is -0.121. The van der Waals surface area contributed by atoms with Crippen LogP contribution < -0.4 is 5.32 Å². The number of rotatable bonds is 7. The number of benzene rings is 1. The van der Waals surface area contributed by atoms with Gasteiger partial charge in [0.25, 0.3) is 5.91 Å². The Hall–Kier alpha value is -3.94. The van der Waals surface area contributed by atoms with Crippen molar-refractivity contribution >= 4 is 22.8 Å². The summed E-state index contributed by atoms with van der Waals surface area (Å²) in [6.07, 6.45) is 4.76. The van der Waals surface area contributed by atoms with Crippen LogP contribution in [0.15, 0.2) is 71.6 Å². The minimum absolute atomic E-state index is 0.0646. The molecule has 1 N–H and O–H groups in total. The number of amides is 2. The Kier molecular flexibility index (Phi) is 5.56. The number of furan rings is 1. The molecule has 0 aliphatic carbocycles. The lowest BCUT2D eigenvalue weighted by Gasteiger charge is -2.16. The minimum Gasteiger partial charge on any atom is -0.467 e. The van der Waals surface area contributed by atoms with Crippen LogP contribution in [0.25, 0.3) is 11.0 Å². The van der Waals surface area contributed by atoms with E-state index in [1.165, 1.54) is 11.1 Å². The normalized spacial score (nSPS) is 10.8. The molecule has 30 heavy (non-hydrogen) atoms. The largest absolute Gasteiger partial charge is 0.467 e. The molecule has 2 amide bonds. The lowest BCUT2D eigenvalue weighted by Crippen LogP contribution is -2.38. The van der Waals surface area contributed by atoms with Crippen LogP contribution in [-0.2, 0) is 17.9 Å². The Balaban J connectivity index is 1.41. The van der Waals surface area contributed by atoms with Crippen LogP contribution in [0.5, 0.6) is 0 Å². The summed E-state index contributed by atoms with van der Waals surface area (Å²) in [4.78, 5) is 30.6. The first kappa shape index (κ1) is 19.4. The first-order valence-corrected chi connectivity index (χ1v) is 9.50. The average Bonchev–Trinajstić information content (AvgIpc) is 3.42. The molecule has 4 aromatic rings. The Morgan fingerprint density at radius 1 is 1.13 bits per heavy atom. The zero-order valence-electron chi connectivity index (χ0n) is 16.5. The number of carbonyl (C=O) groups is 2. The maximum absolute atomic E-state index is 12.7. The predicted molar refractivity (Wildman–Crippen MR) is 111 cm³/mol. The number of likely N-dealkylation sites (N-methyl/N-ethyl adjacent to an activating group) is 1. The molecule has 0 spiro atoms. The van der Waals surface area contributed by atoms with Crippen molar-refractivity contribution in [2.75, 3.05) is 13.6 Å². The number of nitrogens with zero attached hydrogens (tertiary/aromatic N) is 4. The molecule has 3 heterocycles. The van der Waals surface area contributed by atoms with E-state index < -0.39 is 0 Å². The number of fused-ring (bicyclic) bond motifs is 1. The molecule has 0 saturated carbocycles. The van der Waals surface area contributed by atoms with E-state index in [4.69, 9.17) is 4.42 Å². The van der Waals surface area contributed by atoms with Gasteiger partial charge < -0.3 is 14.6 Å². The van der Waals surface area contributed by atoms with Crippen molar-refractivity contribution in [3.8, 4) is 0 Å². The van der Waals surface area contributed by atoms with Crippen LogP contribution in [0.4, 0.5) is 0 Å². The first-order chi connectivity index (χ1) is 14.6. The third kappa shape index (κ3) is 4.38. The number of aromatic nitrogens is 3. The van der Waals surface area contributed by atoms with Gasteiger partial charge in [-0.05, 0) is 23.8 Å². The molecule has 8 heteroatoms. The molecule has 152 valence electrons. The van der Waals surface area contributed by atoms with Crippen molar-refractivity contribution in [1.82, 2.24) is 25.0 Å². The van der Waals surface area contributed by atoms with Crippen molar-refractivity contribution in [1.29, 1.82) is 0 Å². The van der Waals surface area contributed by atoms with Gasteiger partial charge in [-0.15, -0.1) is 0 Å². The van der Waals surface area contributed by atoms with Crippen LogP contribution in [0, 0.1) is 0 Å². The number of hydrogen-bond donors (Lipinski definition) is 1. The highest BCUT2D eigenvalue weighted by Crippen LogP contribution is 2.15. The Bertz CT molecular complexity index is 1150. The van der Waals surface area contributed by atoms with Crippen LogP contribution in [0.2, 0.25) is 0 Å². The standard InChI is InChI=1S/C22H21N5O3/c1-26(15-20(28)23-13-19-8-5-9-30-19)22(29)18-10-17-12-25-27(21(17)24-11-18)14-16-6-3-2-4-7-16/h2-12H,13-15H2,1H3,(H,23,28). The van der Waals surface area contributed by atoms with E-state index in [1.54, 1.807) is 42.4 Å². The summed E-state index contributed by atoms with van der Waals surface area (Å²) in [6, 6.07) is 15.2. The number of pyridine rings is 1. The van der Waals surface area contributed by atoms with E-state index >= 15 is 0 Å². The van der Waals surface area contributed by atoms with Crippen LogP contribution >= 0.6 is 0 Å². The SMILES string of the molecule is CN(CC(=O)NCc1ccco1)C(=O)c1cnc2c(cnn2Cc2ccccc2)c1. The van der Waals surface area contributed by atoms with Gasteiger partial charge in [0.1, 0.15) is 5.76 Å². The van der Waals surface area contributed by atoms with Crippen molar-refractivity contribution in [3.63, 3.8) is 0 Å². The first-order valence-electron chi connectivity index (χ1n) is 9.50. The van der Waals surface area contributed by atoms with E-state index in [-0.39, 0.29) is 24.9 Å². The fraction of sp³-hybridized carbons (Fsp3) is 0.182. The summed E-state index contributed by atoms with van der Waals surface area (Å²) < 4.78 is 6.97. The second-order valence-corrected chi connectivity index (χ2v) is 6.94. The summed E-state index contributed by atoms with van der Waals surface area (Å²) in [5.41, 5.74) is 2.22. The zero-order valence-corrected chi connectivity index (χ0v) is 16.5. The van der Waals surface area contributed by atoms with Gasteiger partial charge in [-0.1, -0.05) is 30.3 Å². The van der Waals surface area contributed by atoms with Crippen LogP contribution in [0.3, 0.4) is 0 Å². The summed E-state index contributed by atoms with van der Waals surface area (Å²) in [5, 5.41) is 7.88. The molecule has 4 rings (SSSR count). The summed E-state index contributed by atoms with van der Waals surface area (Å²) >= 11 is 0. The topological polar surface area (TPSA) is 93.3 Å². The molecule has 0 saturated heterocycles. The highest BCUT2D eigenvalue weighted by atomic mass is 16.3. The van der Waals surface area contributed by atoms with E-state index in [0.717, 1.165) is 10.9 Å². The molecule has 0 bridgehead atoms. The fourth-order valence-corrected chi connectivity index (χ4v) is 3.12. The average molecular weight is 403 g/mol. The van der Waals surface area contributed by atoms with Crippen molar-refractivity contribution < 1.29 is 14.0 Å². The molecule has 0 unspecified atom stereocenters. The zero-order chi connectivity index (χ0) is 20.9. The third-order valence-corrected chi connectivity index (χ3v) is 4.67. The predicted octanol–water partition coefficient (Wildman–Crippen LogP) is 2.46. The number of hydrogen-bond acceptors (Lipinski definition) is 5. The molecule has 0 fully saturated rings. The molecule has 0 aliphatic rings. The van der Waals surface area contributed by atoms with Gasteiger partial charge in [0.15, 0.2) is 5.65 Å². The summed E-state index contributed by atoms with van der Waals surface area (Å²) in [6.45, 7) is 0.813. The van der Waals surface area contributed by atoms with Crippen molar-refractivity contribution in [2.45, 2.75) is 13.1 Å². The van der Waals surface area contributed by atoms with Gasteiger partial charge in [0.2, 0.25) is 5.91 Å². The highest BCUT2D eigenvalue weighted by molar-refractivity contribution is 5.98. The van der Waals surface area contributed by atoms with Gasteiger partial charge in [-0.3, -0.25) is 9.59 Å². The molecular weight excluding hydrogens is 382 g/mol. The van der Waals surface area contributed by atoms with Gasteiger partial charge >= 0.3 is 0 Å². The third-order valence-electron chi connectivity index (χ3n) is 4.67. The van der Waals surface area contributed by atoms with Gasteiger partial charge in [0, 0.05) is 18.6 Å². The van der Waals surface area contributed by atoms with E-state index in [1.807, 2.05) is 30.3 Å². The quantitative estimate of drug-likeness (QED) is 0.512. The smallest absolute Gasteiger partial charge is 0.255 e. The second kappa shape index (κ2) is 8.60. The number of nitrogens with one attached hydrogen (secondary N) is 1. The molecule has 3 aromatic heterocycles. The van der Waals surface area contributed by atoms with E-state index in [9.17, 15) is 9.59 Å². The second-order valence-electron chi connectivity index (χ2n) is 6.94. The lowest BCUT2D eigenvalue weighted by atomic mass is 10.2. The van der Waals surface area contributed by atoms with Crippen molar-refractivity contribution in [3.05, 3.63) is 84.1 Å². The fourth-order valence-electron chi connectivity index (χ4n) is 3.12. The van der Waals surface area contributed by atoms with Gasteiger partial charge in [0.05, 0.1) is 37.7 Å². The van der Waals surface area contributed by atoms with E-state index in [0.29, 0.717) is 23.5 Å². The summed E-state index contributed by atoms with van der Waals surface area (Å²) in [7, 11) is 1.58. The van der Waals surface area contributed by atoms with Gasteiger partial charge in [-0.2, -0.15) is 5.10 Å².